The number of hydrogen-bond donors (Lipinski definition) is 1. The number of carbonyl (C=O) groups is 1. The molecule has 0 heterocycles. The van der Waals surface area contributed by atoms with Gasteiger partial charge in [-0.1, -0.05) is 43.3 Å². The number of esters is 1. The van der Waals surface area contributed by atoms with E-state index in [1.54, 1.807) is 0 Å². The molecule has 2 saturated carbocycles. The van der Waals surface area contributed by atoms with E-state index in [0.29, 0.717) is 24.9 Å². The van der Waals surface area contributed by atoms with Gasteiger partial charge < -0.3 is 14.6 Å². The molecule has 0 aromatic heterocycles. The van der Waals surface area contributed by atoms with Gasteiger partial charge in [0.15, 0.2) is 0 Å². The lowest BCUT2D eigenvalue weighted by Crippen LogP contribution is -2.45. The number of nitro benzene ring substituents is 1. The lowest BCUT2D eigenvalue weighted by molar-refractivity contribution is -0.384. The van der Waals surface area contributed by atoms with Crippen molar-refractivity contribution < 1.29 is 24.3 Å². The molecule has 39 heavy (non-hydrogen) atoms. The third kappa shape index (κ3) is 4.69. The SMILES string of the molecule is C[C@]12CCC3c4ccc(OCc5ccccc5)cc4CCC3C1CC(C(=O)Oc1ccc([N+](=O)[O-])cc1)[C@@H]2O. The standard InChI is InChI=1S/C32H33NO6/c1-32-16-15-26-25-14-12-24(38-19-20-5-3-2-4-6-20)17-21(25)7-13-27(26)29(32)18-28(30(32)34)31(35)39-23-10-8-22(9-11-23)33(36)37/h2-6,8-12,14,17,26-30,34H,7,13,15-16,18-19H2,1H3/t26?,27?,28?,29?,30-,32-/m0/s1. The van der Waals surface area contributed by atoms with Gasteiger partial charge in [-0.15, -0.1) is 0 Å². The Morgan fingerprint density at radius 3 is 2.54 bits per heavy atom. The molecule has 3 aromatic carbocycles. The molecular weight excluding hydrogens is 494 g/mol. The van der Waals surface area contributed by atoms with E-state index in [1.807, 2.05) is 18.2 Å². The summed E-state index contributed by atoms with van der Waals surface area (Å²) in [5.41, 5.74) is 3.47. The fourth-order valence-electron chi connectivity index (χ4n) is 7.46. The van der Waals surface area contributed by atoms with Gasteiger partial charge in [0.05, 0.1) is 16.9 Å². The zero-order chi connectivity index (χ0) is 27.1. The van der Waals surface area contributed by atoms with Crippen LogP contribution in [0.3, 0.4) is 0 Å². The quantitative estimate of drug-likeness (QED) is 0.177. The summed E-state index contributed by atoms with van der Waals surface area (Å²) in [6.07, 6.45) is 3.64. The number of benzene rings is 3. The maximum atomic E-state index is 13.2. The fourth-order valence-corrected chi connectivity index (χ4v) is 7.46. The molecule has 3 aromatic rings. The van der Waals surface area contributed by atoms with Crippen LogP contribution in [0.4, 0.5) is 5.69 Å². The molecule has 6 atom stereocenters. The number of aliphatic hydroxyl groups excluding tert-OH is 1. The molecule has 3 aliphatic carbocycles. The number of aryl methyl sites for hydroxylation is 1. The third-order valence-corrected chi connectivity index (χ3v) is 9.52. The Kier molecular flexibility index (Phi) is 6.63. The Labute approximate surface area is 227 Å². The van der Waals surface area contributed by atoms with Crippen molar-refractivity contribution in [3.63, 3.8) is 0 Å². The van der Waals surface area contributed by atoms with Crippen molar-refractivity contribution in [2.45, 2.75) is 57.7 Å². The van der Waals surface area contributed by atoms with Gasteiger partial charge in [-0.3, -0.25) is 14.9 Å². The van der Waals surface area contributed by atoms with Crippen LogP contribution in [0.15, 0.2) is 72.8 Å². The Balaban J connectivity index is 1.15. The van der Waals surface area contributed by atoms with Gasteiger partial charge in [0, 0.05) is 12.1 Å². The van der Waals surface area contributed by atoms with Gasteiger partial charge >= 0.3 is 5.97 Å². The average molecular weight is 528 g/mol. The van der Waals surface area contributed by atoms with E-state index in [0.717, 1.165) is 37.0 Å². The second-order valence-electron chi connectivity index (χ2n) is 11.6. The van der Waals surface area contributed by atoms with Crippen molar-refractivity contribution in [2.24, 2.45) is 23.2 Å². The van der Waals surface area contributed by atoms with E-state index in [4.69, 9.17) is 9.47 Å². The zero-order valence-electron chi connectivity index (χ0n) is 22.0. The number of rotatable bonds is 6. The molecule has 0 saturated heterocycles. The topological polar surface area (TPSA) is 98.9 Å². The van der Waals surface area contributed by atoms with Crippen LogP contribution >= 0.6 is 0 Å². The maximum absolute atomic E-state index is 13.2. The monoisotopic (exact) mass is 527 g/mol. The Morgan fingerprint density at radius 2 is 1.79 bits per heavy atom. The van der Waals surface area contributed by atoms with E-state index in [1.165, 1.54) is 35.4 Å². The predicted octanol–water partition coefficient (Wildman–Crippen LogP) is 6.22. The zero-order valence-corrected chi connectivity index (χ0v) is 22.0. The molecule has 4 unspecified atom stereocenters. The molecule has 7 heteroatoms. The second-order valence-corrected chi connectivity index (χ2v) is 11.6. The summed E-state index contributed by atoms with van der Waals surface area (Å²) in [7, 11) is 0. The van der Waals surface area contributed by atoms with Crippen LogP contribution in [0.25, 0.3) is 0 Å². The number of non-ortho nitro benzene ring substituents is 1. The van der Waals surface area contributed by atoms with Gasteiger partial charge in [-0.05, 0) is 96.2 Å². The highest BCUT2D eigenvalue weighted by molar-refractivity contribution is 5.76. The molecule has 6 rings (SSSR count). The molecule has 3 aliphatic rings. The minimum Gasteiger partial charge on any atom is -0.489 e. The van der Waals surface area contributed by atoms with E-state index in [2.05, 4.69) is 37.3 Å². The highest BCUT2D eigenvalue weighted by Gasteiger charge is 2.60. The Morgan fingerprint density at radius 1 is 1.05 bits per heavy atom. The smallest absolute Gasteiger partial charge is 0.316 e. The van der Waals surface area contributed by atoms with Crippen LogP contribution < -0.4 is 9.47 Å². The minimum absolute atomic E-state index is 0.0623. The molecule has 2 fully saturated rings. The predicted molar refractivity (Wildman–Crippen MR) is 145 cm³/mol. The summed E-state index contributed by atoms with van der Waals surface area (Å²) in [6, 6.07) is 22.1. The Bertz CT molecular complexity index is 1370. The highest BCUT2D eigenvalue weighted by atomic mass is 16.6. The molecular formula is C32H33NO6. The fraction of sp³-hybridized carbons (Fsp3) is 0.406. The number of carbonyl (C=O) groups excluding carboxylic acids is 1. The summed E-state index contributed by atoms with van der Waals surface area (Å²) in [6.45, 7) is 2.68. The second kappa shape index (κ2) is 10.1. The van der Waals surface area contributed by atoms with Crippen LogP contribution in [0.2, 0.25) is 0 Å². The molecule has 202 valence electrons. The summed E-state index contributed by atoms with van der Waals surface area (Å²) in [4.78, 5) is 23.6. The molecule has 0 aliphatic heterocycles. The van der Waals surface area contributed by atoms with Gasteiger partial charge in [-0.25, -0.2) is 0 Å². The van der Waals surface area contributed by atoms with Gasteiger partial charge in [0.2, 0.25) is 0 Å². The highest BCUT2D eigenvalue weighted by Crippen LogP contribution is 2.62. The van der Waals surface area contributed by atoms with Gasteiger partial charge in [0.1, 0.15) is 18.1 Å². The molecule has 0 spiro atoms. The van der Waals surface area contributed by atoms with Crippen LogP contribution in [0.1, 0.15) is 55.2 Å². The number of nitro groups is 1. The first kappa shape index (κ1) is 25.6. The molecule has 1 N–H and O–H groups in total. The summed E-state index contributed by atoms with van der Waals surface area (Å²) in [5, 5.41) is 22.3. The van der Waals surface area contributed by atoms with Crippen LogP contribution in [-0.4, -0.2) is 22.1 Å². The molecule has 0 amide bonds. The van der Waals surface area contributed by atoms with Crippen LogP contribution in [0.5, 0.6) is 11.5 Å². The first-order valence-corrected chi connectivity index (χ1v) is 13.8. The number of nitrogens with zero attached hydrogens (tertiary/aromatic N) is 1. The first-order chi connectivity index (χ1) is 18.8. The van der Waals surface area contributed by atoms with Crippen molar-refractivity contribution in [3.05, 3.63) is 99.6 Å². The summed E-state index contributed by atoms with van der Waals surface area (Å²) in [5.74, 6) is 1.12. The van der Waals surface area contributed by atoms with Crippen molar-refractivity contribution >= 4 is 11.7 Å². The third-order valence-electron chi connectivity index (χ3n) is 9.52. The average Bonchev–Trinajstić information content (AvgIpc) is 3.23. The lowest BCUT2D eigenvalue weighted by Gasteiger charge is -2.50. The van der Waals surface area contributed by atoms with E-state index < -0.39 is 22.9 Å². The van der Waals surface area contributed by atoms with E-state index >= 15 is 0 Å². The number of aliphatic hydroxyl groups is 1. The van der Waals surface area contributed by atoms with Crippen molar-refractivity contribution in [1.29, 1.82) is 0 Å². The number of fused-ring (bicyclic) bond motifs is 5. The van der Waals surface area contributed by atoms with Crippen molar-refractivity contribution in [2.75, 3.05) is 0 Å². The summed E-state index contributed by atoms with van der Waals surface area (Å²) < 4.78 is 11.7. The first-order valence-electron chi connectivity index (χ1n) is 13.8. The van der Waals surface area contributed by atoms with E-state index in [9.17, 15) is 20.0 Å². The van der Waals surface area contributed by atoms with Crippen molar-refractivity contribution in [3.8, 4) is 11.5 Å². The van der Waals surface area contributed by atoms with E-state index in [-0.39, 0.29) is 22.8 Å². The molecule has 0 radical (unpaired) electrons. The summed E-state index contributed by atoms with van der Waals surface area (Å²) >= 11 is 0. The number of hydrogen-bond acceptors (Lipinski definition) is 6. The normalized spacial score (nSPS) is 29.0. The minimum atomic E-state index is -0.774. The number of ether oxygens (including phenoxy) is 2. The largest absolute Gasteiger partial charge is 0.489 e. The molecule has 0 bridgehead atoms. The molecule has 7 nitrogen and oxygen atoms in total. The lowest BCUT2D eigenvalue weighted by atomic mass is 9.55. The van der Waals surface area contributed by atoms with Gasteiger partial charge in [0.25, 0.3) is 5.69 Å². The van der Waals surface area contributed by atoms with Gasteiger partial charge in [-0.2, -0.15) is 0 Å². The van der Waals surface area contributed by atoms with Crippen molar-refractivity contribution in [1.82, 2.24) is 0 Å². The maximum Gasteiger partial charge on any atom is 0.316 e. The Hall–Kier alpha value is -3.71. The van der Waals surface area contributed by atoms with Crippen LogP contribution in [-0.2, 0) is 17.8 Å². The van der Waals surface area contributed by atoms with Crippen LogP contribution in [0, 0.1) is 33.3 Å².